The van der Waals surface area contributed by atoms with Gasteiger partial charge >= 0.3 is 0 Å². The van der Waals surface area contributed by atoms with E-state index in [4.69, 9.17) is 17.3 Å². The highest BCUT2D eigenvalue weighted by molar-refractivity contribution is 9.10. The molecule has 0 radical (unpaired) electrons. The number of rotatable bonds is 1. The summed E-state index contributed by atoms with van der Waals surface area (Å²) >= 11 is 9.48. The second kappa shape index (κ2) is 4.02. The summed E-state index contributed by atoms with van der Waals surface area (Å²) in [6, 6.07) is 5.92. The fourth-order valence-electron chi connectivity index (χ4n) is 1.65. The third-order valence-electron chi connectivity index (χ3n) is 2.57. The summed E-state index contributed by atoms with van der Waals surface area (Å²) in [6.07, 6.45) is 0. The van der Waals surface area contributed by atoms with E-state index >= 15 is 0 Å². The van der Waals surface area contributed by atoms with Crippen LogP contribution in [0.4, 0.5) is 0 Å². The Morgan fingerprint density at radius 1 is 1.60 bits per heavy atom. The highest BCUT2D eigenvalue weighted by Crippen LogP contribution is 2.31. The van der Waals surface area contributed by atoms with E-state index in [0.29, 0.717) is 12.5 Å². The summed E-state index contributed by atoms with van der Waals surface area (Å²) in [5.41, 5.74) is 6.84. The smallest absolute Gasteiger partial charge is 0.191 e. The van der Waals surface area contributed by atoms with Crippen molar-refractivity contribution in [2.75, 3.05) is 13.6 Å². The number of nitrogens with two attached hydrogens (primary N) is 1. The summed E-state index contributed by atoms with van der Waals surface area (Å²) in [4.78, 5) is 6.16. The van der Waals surface area contributed by atoms with E-state index < -0.39 is 0 Å². The highest BCUT2D eigenvalue weighted by atomic mass is 79.9. The van der Waals surface area contributed by atoms with E-state index in [-0.39, 0.29) is 6.04 Å². The second-order valence-electron chi connectivity index (χ2n) is 3.49. The van der Waals surface area contributed by atoms with Gasteiger partial charge in [-0.15, -0.1) is 0 Å². The van der Waals surface area contributed by atoms with Crippen LogP contribution in [0.5, 0.6) is 0 Å². The van der Waals surface area contributed by atoms with Gasteiger partial charge in [0, 0.05) is 16.5 Å². The van der Waals surface area contributed by atoms with Crippen molar-refractivity contribution in [3.8, 4) is 0 Å². The van der Waals surface area contributed by atoms with Crippen molar-refractivity contribution in [3.05, 3.63) is 33.3 Å². The molecular weight excluding hydrogens is 277 g/mol. The zero-order valence-electron chi connectivity index (χ0n) is 8.24. The molecule has 0 aliphatic carbocycles. The van der Waals surface area contributed by atoms with E-state index in [1.165, 1.54) is 0 Å². The first-order chi connectivity index (χ1) is 7.09. The Kier molecular flexibility index (Phi) is 2.89. The number of likely N-dealkylation sites (N-methyl/N-ethyl adjacent to an activating group) is 1. The zero-order chi connectivity index (χ0) is 11.0. The Bertz CT molecular complexity index is 419. The van der Waals surface area contributed by atoms with Crippen molar-refractivity contribution in [2.45, 2.75) is 6.04 Å². The van der Waals surface area contributed by atoms with Crippen LogP contribution in [-0.4, -0.2) is 24.5 Å². The molecule has 1 atom stereocenters. The lowest BCUT2D eigenvalue weighted by molar-refractivity contribution is 0.413. The van der Waals surface area contributed by atoms with Crippen molar-refractivity contribution in [3.63, 3.8) is 0 Å². The molecule has 1 unspecified atom stereocenters. The molecule has 0 bridgehead atoms. The summed E-state index contributed by atoms with van der Waals surface area (Å²) < 4.78 is 1.04. The Morgan fingerprint density at radius 2 is 2.33 bits per heavy atom. The van der Waals surface area contributed by atoms with Gasteiger partial charge in [-0.05, 0) is 23.8 Å². The van der Waals surface area contributed by atoms with Crippen LogP contribution in [0.2, 0.25) is 5.02 Å². The summed E-state index contributed by atoms with van der Waals surface area (Å²) in [5.74, 6) is 0.576. The predicted molar refractivity (Wildman–Crippen MR) is 66.1 cm³/mol. The molecule has 1 aliphatic rings. The van der Waals surface area contributed by atoms with Crippen LogP contribution in [-0.2, 0) is 0 Å². The minimum Gasteiger partial charge on any atom is -0.370 e. The first-order valence-electron chi connectivity index (χ1n) is 4.57. The lowest BCUT2D eigenvalue weighted by atomic mass is 10.1. The van der Waals surface area contributed by atoms with E-state index in [2.05, 4.69) is 20.9 Å². The van der Waals surface area contributed by atoms with Crippen molar-refractivity contribution in [1.82, 2.24) is 4.90 Å². The molecule has 2 N–H and O–H groups in total. The standard InChI is InChI=1S/C10H11BrClN3/c1-15-9(5-14-10(15)13)7-4-6(12)2-3-8(7)11/h2-4,9H,5H2,1H3,(H2,13,14). The Hall–Kier alpha value is -0.740. The lowest BCUT2D eigenvalue weighted by Crippen LogP contribution is -2.32. The number of aliphatic imine (C=N–C) groups is 1. The molecule has 0 saturated carbocycles. The Morgan fingerprint density at radius 3 is 2.93 bits per heavy atom. The molecule has 1 heterocycles. The number of hydrogen-bond acceptors (Lipinski definition) is 3. The van der Waals surface area contributed by atoms with Gasteiger partial charge in [0.25, 0.3) is 0 Å². The van der Waals surface area contributed by atoms with Crippen LogP contribution in [0.3, 0.4) is 0 Å². The topological polar surface area (TPSA) is 41.6 Å². The van der Waals surface area contributed by atoms with Crippen molar-refractivity contribution >= 4 is 33.5 Å². The molecule has 0 saturated heterocycles. The maximum Gasteiger partial charge on any atom is 0.191 e. The largest absolute Gasteiger partial charge is 0.370 e. The number of hydrogen-bond donors (Lipinski definition) is 1. The quantitative estimate of drug-likeness (QED) is 0.862. The molecule has 3 nitrogen and oxygen atoms in total. The number of guanidine groups is 1. The average Bonchev–Trinajstić information content (AvgIpc) is 2.52. The fourth-order valence-corrected chi connectivity index (χ4v) is 2.34. The van der Waals surface area contributed by atoms with Gasteiger partial charge in [-0.1, -0.05) is 27.5 Å². The maximum atomic E-state index is 5.97. The second-order valence-corrected chi connectivity index (χ2v) is 4.78. The van der Waals surface area contributed by atoms with Gasteiger partial charge in [0.1, 0.15) is 0 Å². The minimum atomic E-state index is 0.179. The minimum absolute atomic E-state index is 0.179. The number of halogens is 2. The molecule has 0 spiro atoms. The van der Waals surface area contributed by atoms with Gasteiger partial charge in [0.05, 0.1) is 12.6 Å². The lowest BCUT2D eigenvalue weighted by Gasteiger charge is -2.22. The SMILES string of the molecule is CN1C(N)=NCC1c1cc(Cl)ccc1Br. The highest BCUT2D eigenvalue weighted by Gasteiger charge is 2.25. The van der Waals surface area contributed by atoms with Gasteiger partial charge in [0.2, 0.25) is 0 Å². The van der Waals surface area contributed by atoms with Gasteiger partial charge in [-0.25, -0.2) is 0 Å². The van der Waals surface area contributed by atoms with Gasteiger partial charge < -0.3 is 10.6 Å². The van der Waals surface area contributed by atoms with Crippen LogP contribution < -0.4 is 5.73 Å². The summed E-state index contributed by atoms with van der Waals surface area (Å²) in [5, 5.41) is 0.729. The van der Waals surface area contributed by atoms with Crippen LogP contribution in [0.1, 0.15) is 11.6 Å². The van der Waals surface area contributed by atoms with Gasteiger partial charge in [0.15, 0.2) is 5.96 Å². The zero-order valence-corrected chi connectivity index (χ0v) is 10.6. The van der Waals surface area contributed by atoms with Crippen molar-refractivity contribution in [1.29, 1.82) is 0 Å². The first-order valence-corrected chi connectivity index (χ1v) is 5.74. The third-order valence-corrected chi connectivity index (χ3v) is 3.53. The van der Waals surface area contributed by atoms with E-state index in [1.54, 1.807) is 0 Å². The molecule has 1 aromatic carbocycles. The molecule has 0 fully saturated rings. The normalized spacial score (nSPS) is 20.6. The molecule has 1 aliphatic heterocycles. The monoisotopic (exact) mass is 287 g/mol. The first kappa shape index (κ1) is 10.8. The van der Waals surface area contributed by atoms with Gasteiger partial charge in [-0.2, -0.15) is 0 Å². The van der Waals surface area contributed by atoms with Crippen LogP contribution in [0, 0.1) is 0 Å². The molecule has 15 heavy (non-hydrogen) atoms. The predicted octanol–water partition coefficient (Wildman–Crippen LogP) is 2.40. The summed E-state index contributed by atoms with van der Waals surface area (Å²) in [6.45, 7) is 0.682. The summed E-state index contributed by atoms with van der Waals surface area (Å²) in [7, 11) is 1.93. The molecule has 0 aromatic heterocycles. The van der Waals surface area contributed by atoms with Gasteiger partial charge in [-0.3, -0.25) is 4.99 Å². The van der Waals surface area contributed by atoms with Crippen molar-refractivity contribution in [2.24, 2.45) is 10.7 Å². The molecule has 0 amide bonds. The molecule has 2 rings (SSSR count). The van der Waals surface area contributed by atoms with E-state index in [1.807, 2.05) is 30.1 Å². The molecule has 5 heteroatoms. The van der Waals surface area contributed by atoms with Crippen molar-refractivity contribution < 1.29 is 0 Å². The third kappa shape index (κ3) is 1.96. The molecular formula is C10H11BrClN3. The van der Waals surface area contributed by atoms with E-state index in [9.17, 15) is 0 Å². The van der Waals surface area contributed by atoms with Crippen LogP contribution in [0.15, 0.2) is 27.7 Å². The Balaban J connectivity index is 2.35. The maximum absolute atomic E-state index is 5.97. The number of nitrogens with zero attached hydrogens (tertiary/aromatic N) is 2. The fraction of sp³-hybridized carbons (Fsp3) is 0.300. The Labute approximate surface area is 102 Å². The van der Waals surface area contributed by atoms with E-state index in [0.717, 1.165) is 15.1 Å². The molecule has 1 aromatic rings. The molecule has 80 valence electrons. The van der Waals surface area contributed by atoms with Crippen LogP contribution in [0.25, 0.3) is 0 Å². The average molecular weight is 289 g/mol. The number of benzene rings is 1. The van der Waals surface area contributed by atoms with Crippen LogP contribution >= 0.6 is 27.5 Å².